The second-order valence-corrected chi connectivity index (χ2v) is 10.5. The molecule has 0 aromatic carbocycles. The summed E-state index contributed by atoms with van der Waals surface area (Å²) < 4.78 is 0. The molecule has 0 aromatic heterocycles. The zero-order chi connectivity index (χ0) is 18.0. The van der Waals surface area contributed by atoms with Gasteiger partial charge >= 0.3 is 0 Å². The van der Waals surface area contributed by atoms with E-state index < -0.39 is 0 Å². The first kappa shape index (κ1) is 18.3. The van der Waals surface area contributed by atoms with Crippen LogP contribution in [0, 0.1) is 46.3 Å². The van der Waals surface area contributed by atoms with Gasteiger partial charge in [-0.15, -0.1) is 0 Å². The van der Waals surface area contributed by atoms with E-state index in [1.807, 2.05) is 0 Å². The molecule has 0 heterocycles. The third kappa shape index (κ3) is 2.48. The van der Waals surface area contributed by atoms with E-state index in [2.05, 4.69) is 20.8 Å². The molecule has 0 aliphatic heterocycles. The van der Waals surface area contributed by atoms with Gasteiger partial charge in [0.05, 0.1) is 12.2 Å². The second kappa shape index (κ2) is 6.21. The fraction of sp³-hybridized carbons (Fsp3) is 1.00. The summed E-state index contributed by atoms with van der Waals surface area (Å²) in [6, 6.07) is 0. The van der Waals surface area contributed by atoms with Crippen molar-refractivity contribution in [3.05, 3.63) is 0 Å². The van der Waals surface area contributed by atoms with Crippen LogP contribution in [0.2, 0.25) is 0 Å². The largest absolute Gasteiger partial charge is 0.396 e. The molecule has 144 valence electrons. The Labute approximate surface area is 153 Å². The molecule has 0 aromatic rings. The number of aliphatic hydroxyl groups is 3. The van der Waals surface area contributed by atoms with E-state index >= 15 is 0 Å². The Hall–Kier alpha value is -0.120. The average Bonchev–Trinajstić information content (AvgIpc) is 2.95. The van der Waals surface area contributed by atoms with Crippen molar-refractivity contribution in [3.8, 4) is 0 Å². The van der Waals surface area contributed by atoms with E-state index in [0.717, 1.165) is 31.6 Å². The van der Waals surface area contributed by atoms with Gasteiger partial charge in [0.2, 0.25) is 0 Å². The molecule has 0 amide bonds. The van der Waals surface area contributed by atoms with Crippen molar-refractivity contribution in [1.82, 2.24) is 0 Å². The highest BCUT2D eigenvalue weighted by atomic mass is 16.3. The van der Waals surface area contributed by atoms with Gasteiger partial charge in [0.1, 0.15) is 0 Å². The van der Waals surface area contributed by atoms with Crippen LogP contribution in [0.25, 0.3) is 0 Å². The molecule has 0 radical (unpaired) electrons. The maximum Gasteiger partial charge on any atom is 0.0602 e. The summed E-state index contributed by atoms with van der Waals surface area (Å²) in [5, 5.41) is 31.2. The van der Waals surface area contributed by atoms with Crippen molar-refractivity contribution in [2.75, 3.05) is 6.61 Å². The van der Waals surface area contributed by atoms with E-state index in [-0.39, 0.29) is 30.1 Å². The fourth-order valence-corrected chi connectivity index (χ4v) is 8.29. The lowest BCUT2D eigenvalue weighted by atomic mass is 9.43. The molecule has 4 rings (SSSR count). The molecule has 3 nitrogen and oxygen atoms in total. The Balaban J connectivity index is 1.64. The fourth-order valence-electron chi connectivity index (χ4n) is 8.29. The van der Waals surface area contributed by atoms with Crippen molar-refractivity contribution < 1.29 is 15.3 Å². The van der Waals surface area contributed by atoms with Gasteiger partial charge < -0.3 is 15.3 Å². The standard InChI is InChI=1S/C22H38O3/c1-13(12-23)17-6-7-18-16-5-4-14-10-15(24)8-9-21(14,2)19(16)11-20(25)22(17,18)3/h13-20,23-25H,4-12H2,1-3H3/t13-,14-,15-,16?,17-,18?,19?,20+,21+,22-/m1/s1. The monoisotopic (exact) mass is 350 g/mol. The van der Waals surface area contributed by atoms with Crippen LogP contribution in [0.4, 0.5) is 0 Å². The lowest BCUT2D eigenvalue weighted by Crippen LogP contribution is -2.58. The van der Waals surface area contributed by atoms with E-state index in [9.17, 15) is 15.3 Å². The summed E-state index contributed by atoms with van der Waals surface area (Å²) in [7, 11) is 0. The molecule has 3 heteroatoms. The Kier molecular flexibility index (Phi) is 4.53. The SMILES string of the molecule is C[C@H](CO)[C@H]1CCC2C3CC[C@@H]4C[C@H](O)CC[C@]4(C)C3C[C@H](O)[C@@]21C. The third-order valence-corrected chi connectivity index (χ3v) is 9.79. The molecule has 0 bridgehead atoms. The van der Waals surface area contributed by atoms with Crippen LogP contribution in [0.1, 0.15) is 72.1 Å². The van der Waals surface area contributed by atoms with Gasteiger partial charge in [-0.25, -0.2) is 0 Å². The molecular weight excluding hydrogens is 312 g/mol. The molecule has 4 fully saturated rings. The Morgan fingerprint density at radius 1 is 0.960 bits per heavy atom. The summed E-state index contributed by atoms with van der Waals surface area (Å²) in [4.78, 5) is 0. The van der Waals surface area contributed by atoms with Gasteiger partial charge in [0.15, 0.2) is 0 Å². The van der Waals surface area contributed by atoms with Crippen LogP contribution in [-0.4, -0.2) is 34.1 Å². The van der Waals surface area contributed by atoms with E-state index in [1.54, 1.807) is 0 Å². The highest BCUT2D eigenvalue weighted by Crippen LogP contribution is 2.68. The van der Waals surface area contributed by atoms with Crippen LogP contribution < -0.4 is 0 Å². The molecule has 0 spiro atoms. The first-order valence-electron chi connectivity index (χ1n) is 10.8. The molecule has 4 saturated carbocycles. The number of fused-ring (bicyclic) bond motifs is 5. The second-order valence-electron chi connectivity index (χ2n) is 10.5. The quantitative estimate of drug-likeness (QED) is 0.713. The first-order chi connectivity index (χ1) is 11.8. The van der Waals surface area contributed by atoms with Crippen molar-refractivity contribution in [1.29, 1.82) is 0 Å². The lowest BCUT2D eigenvalue weighted by Gasteiger charge is -2.62. The highest BCUT2D eigenvalue weighted by Gasteiger charge is 2.63. The van der Waals surface area contributed by atoms with E-state index in [1.165, 1.54) is 25.7 Å². The Morgan fingerprint density at radius 3 is 2.44 bits per heavy atom. The van der Waals surface area contributed by atoms with Crippen molar-refractivity contribution in [3.63, 3.8) is 0 Å². The predicted molar refractivity (Wildman–Crippen MR) is 98.9 cm³/mol. The molecule has 4 aliphatic rings. The van der Waals surface area contributed by atoms with Gasteiger partial charge in [-0.2, -0.15) is 0 Å². The zero-order valence-corrected chi connectivity index (χ0v) is 16.3. The van der Waals surface area contributed by atoms with Gasteiger partial charge in [0, 0.05) is 6.61 Å². The minimum atomic E-state index is -0.234. The topological polar surface area (TPSA) is 60.7 Å². The van der Waals surface area contributed by atoms with Crippen molar-refractivity contribution >= 4 is 0 Å². The zero-order valence-electron chi connectivity index (χ0n) is 16.3. The number of aliphatic hydroxyl groups excluding tert-OH is 3. The maximum atomic E-state index is 11.3. The Bertz CT molecular complexity index is 508. The van der Waals surface area contributed by atoms with E-state index in [4.69, 9.17) is 0 Å². The molecule has 0 saturated heterocycles. The van der Waals surface area contributed by atoms with Gasteiger partial charge in [-0.1, -0.05) is 20.8 Å². The molecule has 25 heavy (non-hydrogen) atoms. The number of hydrogen-bond donors (Lipinski definition) is 3. The summed E-state index contributed by atoms with van der Waals surface area (Å²) in [5.74, 6) is 3.36. The Morgan fingerprint density at radius 2 is 1.72 bits per heavy atom. The molecule has 3 unspecified atom stereocenters. The van der Waals surface area contributed by atoms with Crippen molar-refractivity contribution in [2.24, 2.45) is 46.3 Å². The van der Waals surface area contributed by atoms with Gasteiger partial charge in [-0.3, -0.25) is 0 Å². The summed E-state index contributed by atoms with van der Waals surface area (Å²) in [6.45, 7) is 7.21. The molecule has 10 atom stereocenters. The number of hydrogen-bond acceptors (Lipinski definition) is 3. The number of rotatable bonds is 2. The summed E-state index contributed by atoms with van der Waals surface area (Å²) in [6.07, 6.45) is 8.59. The summed E-state index contributed by atoms with van der Waals surface area (Å²) >= 11 is 0. The van der Waals surface area contributed by atoms with Gasteiger partial charge in [-0.05, 0) is 97.7 Å². The van der Waals surface area contributed by atoms with Crippen LogP contribution in [0.3, 0.4) is 0 Å². The minimum absolute atomic E-state index is 0.0132. The lowest BCUT2D eigenvalue weighted by molar-refractivity contribution is -0.175. The van der Waals surface area contributed by atoms with Crippen LogP contribution in [-0.2, 0) is 0 Å². The predicted octanol–water partition coefficient (Wildman–Crippen LogP) is 3.61. The molecule has 4 aliphatic carbocycles. The normalized spacial score (nSPS) is 56.6. The smallest absolute Gasteiger partial charge is 0.0602 e. The highest BCUT2D eigenvalue weighted by molar-refractivity contribution is 5.12. The third-order valence-electron chi connectivity index (χ3n) is 9.79. The first-order valence-corrected chi connectivity index (χ1v) is 10.8. The van der Waals surface area contributed by atoms with Crippen LogP contribution >= 0.6 is 0 Å². The summed E-state index contributed by atoms with van der Waals surface area (Å²) in [5.41, 5.74) is 0.297. The average molecular weight is 351 g/mol. The van der Waals surface area contributed by atoms with Gasteiger partial charge in [0.25, 0.3) is 0 Å². The minimum Gasteiger partial charge on any atom is -0.396 e. The maximum absolute atomic E-state index is 11.3. The molecule has 3 N–H and O–H groups in total. The van der Waals surface area contributed by atoms with E-state index in [0.29, 0.717) is 29.1 Å². The molecular formula is C22H38O3. The van der Waals surface area contributed by atoms with Crippen molar-refractivity contribution in [2.45, 2.75) is 84.3 Å². The van der Waals surface area contributed by atoms with Crippen LogP contribution in [0.15, 0.2) is 0 Å². The van der Waals surface area contributed by atoms with Crippen LogP contribution in [0.5, 0.6) is 0 Å².